The first kappa shape index (κ1) is 4.47. The maximum Gasteiger partial charge on any atom is 0.288 e. The summed E-state index contributed by atoms with van der Waals surface area (Å²) >= 11 is 0. The van der Waals surface area contributed by atoms with Crippen molar-refractivity contribution < 1.29 is 0 Å². The van der Waals surface area contributed by atoms with Gasteiger partial charge in [0.15, 0.2) is 0 Å². The molecule has 0 aliphatic carbocycles. The number of aromatic nitrogens is 2. The second kappa shape index (κ2) is 1.85. The van der Waals surface area contributed by atoms with Crippen LogP contribution < -0.4 is 5.56 Å². The first-order valence-electron chi connectivity index (χ1n) is 1.76. The van der Waals surface area contributed by atoms with Gasteiger partial charge in [-0.15, -0.1) is 9.96 Å². The van der Waals surface area contributed by atoms with Gasteiger partial charge < -0.3 is 0 Å². The Morgan fingerprint density at radius 2 is 2.57 bits per heavy atom. The van der Waals surface area contributed by atoms with Crippen LogP contribution in [0.25, 0.3) is 0 Å². The summed E-state index contributed by atoms with van der Waals surface area (Å²) in [5.41, 5.74) is -0.251. The molecule has 36 valence electrons. The molecule has 1 rings (SSSR count). The molecule has 0 aliphatic rings. The zero-order valence-electron chi connectivity index (χ0n) is 3.46. The summed E-state index contributed by atoms with van der Waals surface area (Å²) in [6.07, 6.45) is 0. The minimum Gasteiger partial charge on any atom is -0.266 e. The normalized spacial score (nSPS) is 9.71. The Morgan fingerprint density at radius 1 is 1.71 bits per heavy atom. The van der Waals surface area contributed by atoms with E-state index in [9.17, 15) is 4.79 Å². The van der Waals surface area contributed by atoms with Gasteiger partial charge in [-0.3, -0.25) is 4.79 Å². The quantitative estimate of drug-likeness (QED) is 0.471. The van der Waals surface area contributed by atoms with E-state index in [1.165, 1.54) is 6.07 Å². The summed E-state index contributed by atoms with van der Waals surface area (Å²) in [4.78, 5) is 13.6. The van der Waals surface area contributed by atoms with Crippen molar-refractivity contribution in [1.29, 1.82) is 0 Å². The van der Waals surface area contributed by atoms with Crippen molar-refractivity contribution in [3.8, 4) is 0 Å². The first-order chi connectivity index (χ1) is 3.39. The van der Waals surface area contributed by atoms with E-state index >= 15 is 0 Å². The Bertz CT molecular complexity index is 179. The molecule has 0 bridgehead atoms. The molecule has 7 heavy (non-hydrogen) atoms. The summed E-state index contributed by atoms with van der Waals surface area (Å²) in [5, 5.41) is 3.24. The number of nitrogens with zero attached hydrogens (tertiary/aromatic N) is 2. The highest BCUT2D eigenvalue weighted by Crippen LogP contribution is 1.84. The fourth-order valence-electron chi connectivity index (χ4n) is 0.253. The van der Waals surface area contributed by atoms with E-state index in [-0.39, 0.29) is 5.56 Å². The van der Waals surface area contributed by atoms with E-state index in [4.69, 9.17) is 0 Å². The maximum atomic E-state index is 10.1. The summed E-state index contributed by atoms with van der Waals surface area (Å²) in [7, 11) is 0.345. The summed E-state index contributed by atoms with van der Waals surface area (Å²) in [6, 6.07) is 1.42. The summed E-state index contributed by atoms with van der Waals surface area (Å²) in [5.74, 6) is 1.70. The predicted octanol–water partition coefficient (Wildman–Crippen LogP) is -0.132. The Morgan fingerprint density at radius 3 is 2.86 bits per heavy atom. The molecule has 1 unspecified atom stereocenters. The second-order valence-electron chi connectivity index (χ2n) is 1.00. The van der Waals surface area contributed by atoms with Crippen LogP contribution in [-0.4, -0.2) is 9.96 Å². The van der Waals surface area contributed by atoms with Crippen LogP contribution in [0.15, 0.2) is 16.7 Å². The zero-order valence-corrected chi connectivity index (χ0v) is 4.46. The van der Waals surface area contributed by atoms with E-state index in [0.717, 1.165) is 0 Å². The molecule has 3 nitrogen and oxygen atoms in total. The monoisotopic (exact) mass is 114 g/mol. The van der Waals surface area contributed by atoms with Gasteiger partial charge in [-0.1, -0.05) is 0 Å². The van der Waals surface area contributed by atoms with Gasteiger partial charge in [0.1, 0.15) is 0 Å². The average Bonchev–Trinajstić information content (AvgIpc) is 1.69. The lowest BCUT2D eigenvalue weighted by molar-refractivity contribution is 1.07. The molecule has 0 spiro atoms. The van der Waals surface area contributed by atoms with Crippen LogP contribution in [0.5, 0.6) is 0 Å². The lowest BCUT2D eigenvalue weighted by Gasteiger charge is -1.69. The molecular weight excluding hydrogens is 111 g/mol. The largest absolute Gasteiger partial charge is 0.288 e. The van der Waals surface area contributed by atoms with Crippen molar-refractivity contribution in [3.05, 3.63) is 22.2 Å². The molecule has 0 aromatic carbocycles. The molecular formula is C3H3N2OP. The zero-order chi connectivity index (χ0) is 5.11. The van der Waals surface area contributed by atoms with Crippen molar-refractivity contribution in [1.82, 2.24) is 9.96 Å². The molecule has 0 N–H and O–H groups in total. The molecule has 0 fully saturated rings. The molecule has 1 atom stereocenters. The van der Waals surface area contributed by atoms with E-state index in [0.29, 0.717) is 8.35 Å². The van der Waals surface area contributed by atoms with Gasteiger partial charge in [0.25, 0.3) is 5.56 Å². The van der Waals surface area contributed by atoms with Crippen molar-refractivity contribution >= 4 is 8.35 Å². The molecule has 1 aromatic heterocycles. The molecule has 0 radical (unpaired) electrons. The SMILES string of the molecule is O=c1cc[pH]nn1. The van der Waals surface area contributed by atoms with Crippen molar-refractivity contribution in [3.63, 3.8) is 0 Å². The minimum atomic E-state index is -0.251. The molecule has 0 saturated carbocycles. The van der Waals surface area contributed by atoms with Crippen LogP contribution in [0.4, 0.5) is 0 Å². The van der Waals surface area contributed by atoms with Gasteiger partial charge >= 0.3 is 0 Å². The lowest BCUT2D eigenvalue weighted by atomic mass is 10.8. The smallest absolute Gasteiger partial charge is 0.266 e. The van der Waals surface area contributed by atoms with Gasteiger partial charge in [0.2, 0.25) is 0 Å². The van der Waals surface area contributed by atoms with Gasteiger partial charge in [-0.25, -0.2) is 0 Å². The van der Waals surface area contributed by atoms with Crippen molar-refractivity contribution in [2.24, 2.45) is 0 Å². The molecule has 1 heterocycles. The minimum absolute atomic E-state index is 0.251. The highest BCUT2D eigenvalue weighted by molar-refractivity contribution is 7.24. The molecule has 0 amide bonds. The number of rotatable bonds is 0. The highest BCUT2D eigenvalue weighted by atomic mass is 31.0. The van der Waals surface area contributed by atoms with Gasteiger partial charge in [-0.2, -0.15) is 0 Å². The van der Waals surface area contributed by atoms with Gasteiger partial charge in [-0.05, 0) is 14.1 Å². The summed E-state index contributed by atoms with van der Waals surface area (Å²) in [6.45, 7) is 0. The fourth-order valence-corrected chi connectivity index (χ4v) is 0.693. The fraction of sp³-hybridized carbons (Fsp3) is 0. The Kier molecular flexibility index (Phi) is 1.18. The third-order valence-corrected chi connectivity index (χ3v) is 1.04. The Labute approximate surface area is 41.6 Å². The van der Waals surface area contributed by atoms with E-state index in [1.54, 1.807) is 5.80 Å². The summed E-state index contributed by atoms with van der Waals surface area (Å²) < 4.78 is 0. The van der Waals surface area contributed by atoms with Gasteiger partial charge in [0, 0.05) is 6.07 Å². The maximum absolute atomic E-state index is 10.1. The highest BCUT2D eigenvalue weighted by Gasteiger charge is 1.73. The van der Waals surface area contributed by atoms with E-state index in [2.05, 4.69) is 9.96 Å². The van der Waals surface area contributed by atoms with Crippen LogP contribution in [0.2, 0.25) is 0 Å². The van der Waals surface area contributed by atoms with Crippen LogP contribution in [0.1, 0.15) is 0 Å². The predicted molar refractivity (Wildman–Crippen MR) is 27.8 cm³/mol. The van der Waals surface area contributed by atoms with Crippen molar-refractivity contribution in [2.75, 3.05) is 0 Å². The molecule has 4 heteroatoms. The number of hydrogen-bond donors (Lipinski definition) is 0. The van der Waals surface area contributed by atoms with E-state index < -0.39 is 0 Å². The van der Waals surface area contributed by atoms with Crippen LogP contribution in [0, 0.1) is 0 Å². The molecule has 1 aromatic rings. The number of hydrogen-bond acceptors (Lipinski definition) is 3. The third-order valence-electron chi connectivity index (χ3n) is 0.507. The third kappa shape index (κ3) is 1.09. The topological polar surface area (TPSA) is 42.9 Å². The standard InChI is InChI=1S/C3H3N2OP/c6-3-1-2-7-5-4-3/h1-2,7H. The van der Waals surface area contributed by atoms with Crippen LogP contribution in [-0.2, 0) is 0 Å². The van der Waals surface area contributed by atoms with Crippen LogP contribution in [0.3, 0.4) is 0 Å². The second-order valence-corrected chi connectivity index (χ2v) is 1.79. The van der Waals surface area contributed by atoms with Gasteiger partial charge in [0.05, 0.1) is 0 Å². The lowest BCUT2D eigenvalue weighted by Crippen LogP contribution is -2.00. The molecule has 0 saturated heterocycles. The van der Waals surface area contributed by atoms with Crippen LogP contribution >= 0.6 is 8.35 Å². The Balaban J connectivity index is 3.28. The molecule has 0 aliphatic heterocycles. The average molecular weight is 114 g/mol. The van der Waals surface area contributed by atoms with E-state index in [1.807, 2.05) is 0 Å². The Hall–Kier alpha value is -0.690. The van der Waals surface area contributed by atoms with Crippen molar-refractivity contribution in [2.45, 2.75) is 0 Å². The first-order valence-corrected chi connectivity index (χ1v) is 2.79.